The highest BCUT2D eigenvalue weighted by atomic mass is 35.5. The molecular weight excluding hydrogens is 262 g/mol. The van der Waals surface area contributed by atoms with Gasteiger partial charge in [-0.3, -0.25) is 4.79 Å². The Hall–Kier alpha value is -1.26. The molecule has 2 rings (SSSR count). The average molecular weight is 282 g/mol. The van der Waals surface area contributed by atoms with Gasteiger partial charge in [0.2, 0.25) is 5.91 Å². The van der Waals surface area contributed by atoms with E-state index in [0.717, 1.165) is 44.1 Å². The molecule has 1 aliphatic heterocycles. The highest BCUT2D eigenvalue weighted by molar-refractivity contribution is 6.33. The van der Waals surface area contributed by atoms with Crippen LogP contribution in [-0.2, 0) is 0 Å². The summed E-state index contributed by atoms with van der Waals surface area (Å²) in [6.45, 7) is 3.08. The lowest BCUT2D eigenvalue weighted by Crippen LogP contribution is -2.36. The third kappa shape index (κ3) is 3.39. The molecule has 0 aromatic heterocycles. The summed E-state index contributed by atoms with van der Waals surface area (Å²) in [5, 5.41) is 3.83. The summed E-state index contributed by atoms with van der Waals surface area (Å²) in [5.74, 6) is 0.297. The van der Waals surface area contributed by atoms with Crippen LogP contribution in [0.2, 0.25) is 5.02 Å². The van der Waals surface area contributed by atoms with Crippen LogP contribution < -0.4 is 16.0 Å². The van der Waals surface area contributed by atoms with Crippen molar-refractivity contribution in [1.29, 1.82) is 0 Å². The number of halogens is 1. The minimum Gasteiger partial charge on any atom is -0.370 e. The molecule has 1 heterocycles. The highest BCUT2D eigenvalue weighted by Gasteiger charge is 2.20. The predicted octanol–water partition coefficient (Wildman–Crippen LogP) is 1.87. The number of benzene rings is 1. The van der Waals surface area contributed by atoms with Crippen LogP contribution >= 0.6 is 11.6 Å². The van der Waals surface area contributed by atoms with Gasteiger partial charge in [0.15, 0.2) is 0 Å². The molecule has 0 radical (unpaired) electrons. The van der Waals surface area contributed by atoms with Gasteiger partial charge >= 0.3 is 0 Å². The van der Waals surface area contributed by atoms with Crippen molar-refractivity contribution >= 4 is 23.2 Å². The number of nitrogens with zero attached hydrogens (tertiary/aromatic N) is 1. The van der Waals surface area contributed by atoms with Crippen molar-refractivity contribution in [1.82, 2.24) is 5.32 Å². The van der Waals surface area contributed by atoms with Crippen molar-refractivity contribution < 1.29 is 4.79 Å². The van der Waals surface area contributed by atoms with E-state index >= 15 is 0 Å². The number of nitrogens with two attached hydrogens (primary N) is 1. The van der Waals surface area contributed by atoms with Crippen LogP contribution in [0.15, 0.2) is 18.2 Å². The first kappa shape index (κ1) is 14.2. The van der Waals surface area contributed by atoms with Crippen LogP contribution in [-0.4, -0.2) is 32.6 Å². The normalized spacial score (nSPS) is 16.6. The fourth-order valence-corrected chi connectivity index (χ4v) is 2.88. The van der Waals surface area contributed by atoms with E-state index in [1.807, 2.05) is 13.1 Å². The summed E-state index contributed by atoms with van der Waals surface area (Å²) < 4.78 is 0. The lowest BCUT2D eigenvalue weighted by molar-refractivity contribution is 0.100. The van der Waals surface area contributed by atoms with E-state index in [0.29, 0.717) is 10.6 Å². The van der Waals surface area contributed by atoms with Crippen LogP contribution in [0.3, 0.4) is 0 Å². The van der Waals surface area contributed by atoms with Crippen LogP contribution in [0.1, 0.15) is 23.2 Å². The van der Waals surface area contributed by atoms with Crippen LogP contribution in [0.4, 0.5) is 5.69 Å². The summed E-state index contributed by atoms with van der Waals surface area (Å²) in [7, 11) is 1.99. The number of amides is 1. The third-order valence-corrected chi connectivity index (χ3v) is 3.98. The number of anilines is 1. The standard InChI is InChI=1S/C14H20ClN3O/c1-17-9-10-4-6-18(7-5-10)13-3-2-11(14(16)19)8-12(13)15/h2-3,8,10,17H,4-7,9H2,1H3,(H2,16,19). The number of carbonyl (C=O) groups excluding carboxylic acids is 1. The van der Waals surface area contributed by atoms with Gasteiger partial charge in [0, 0.05) is 18.7 Å². The topological polar surface area (TPSA) is 58.4 Å². The lowest BCUT2D eigenvalue weighted by Gasteiger charge is -2.34. The molecule has 104 valence electrons. The number of hydrogen-bond acceptors (Lipinski definition) is 3. The van der Waals surface area contributed by atoms with Gasteiger partial charge in [-0.25, -0.2) is 0 Å². The second-order valence-corrected chi connectivity index (χ2v) is 5.43. The van der Waals surface area contributed by atoms with Gasteiger partial charge in [-0.15, -0.1) is 0 Å². The number of primary amides is 1. The molecule has 0 unspecified atom stereocenters. The highest BCUT2D eigenvalue weighted by Crippen LogP contribution is 2.30. The summed E-state index contributed by atoms with van der Waals surface area (Å²) in [4.78, 5) is 13.4. The van der Waals surface area contributed by atoms with Gasteiger partial charge in [-0.05, 0) is 50.6 Å². The van der Waals surface area contributed by atoms with E-state index in [2.05, 4.69) is 10.2 Å². The molecule has 0 bridgehead atoms. The fourth-order valence-electron chi connectivity index (χ4n) is 2.58. The molecule has 4 nitrogen and oxygen atoms in total. The van der Waals surface area contributed by atoms with Crippen molar-refractivity contribution in [2.24, 2.45) is 11.7 Å². The molecule has 3 N–H and O–H groups in total. The average Bonchev–Trinajstić information content (AvgIpc) is 2.40. The Balaban J connectivity index is 2.05. The zero-order chi connectivity index (χ0) is 13.8. The SMILES string of the molecule is CNCC1CCN(c2ccc(C(N)=O)cc2Cl)CC1. The molecule has 0 spiro atoms. The Morgan fingerprint density at radius 3 is 2.68 bits per heavy atom. The summed E-state index contributed by atoms with van der Waals surface area (Å²) >= 11 is 6.24. The van der Waals surface area contributed by atoms with Crippen LogP contribution in [0.25, 0.3) is 0 Å². The third-order valence-electron chi connectivity index (χ3n) is 3.68. The number of hydrogen-bond donors (Lipinski definition) is 2. The van der Waals surface area contributed by atoms with E-state index in [1.54, 1.807) is 12.1 Å². The molecule has 1 saturated heterocycles. The summed E-state index contributed by atoms with van der Waals surface area (Å²) in [6.07, 6.45) is 2.32. The molecular formula is C14H20ClN3O. The zero-order valence-corrected chi connectivity index (χ0v) is 11.9. The molecule has 5 heteroatoms. The smallest absolute Gasteiger partial charge is 0.248 e. The molecule has 1 aromatic carbocycles. The second kappa shape index (κ2) is 6.26. The number of carbonyl (C=O) groups is 1. The van der Waals surface area contributed by atoms with Gasteiger partial charge < -0.3 is 16.0 Å². The fraction of sp³-hybridized carbons (Fsp3) is 0.500. The minimum atomic E-state index is -0.443. The van der Waals surface area contributed by atoms with Crippen molar-refractivity contribution in [3.63, 3.8) is 0 Å². The Labute approximate surface area is 118 Å². The van der Waals surface area contributed by atoms with Crippen molar-refractivity contribution in [3.05, 3.63) is 28.8 Å². The van der Waals surface area contributed by atoms with E-state index in [4.69, 9.17) is 17.3 Å². The number of nitrogens with one attached hydrogen (secondary N) is 1. The maximum Gasteiger partial charge on any atom is 0.248 e. The van der Waals surface area contributed by atoms with E-state index < -0.39 is 5.91 Å². The van der Waals surface area contributed by atoms with Gasteiger partial charge in [-0.2, -0.15) is 0 Å². The van der Waals surface area contributed by atoms with Gasteiger partial charge in [0.1, 0.15) is 0 Å². The maximum atomic E-state index is 11.1. The van der Waals surface area contributed by atoms with E-state index in [9.17, 15) is 4.79 Å². The van der Waals surface area contributed by atoms with Crippen molar-refractivity contribution in [3.8, 4) is 0 Å². The first-order valence-corrected chi connectivity index (χ1v) is 6.98. The largest absolute Gasteiger partial charge is 0.370 e. The summed E-state index contributed by atoms with van der Waals surface area (Å²) in [6, 6.07) is 5.28. The van der Waals surface area contributed by atoms with Crippen molar-refractivity contribution in [2.45, 2.75) is 12.8 Å². The maximum absolute atomic E-state index is 11.1. The Kier molecular flexibility index (Phi) is 4.66. The van der Waals surface area contributed by atoms with E-state index in [-0.39, 0.29) is 0 Å². The lowest BCUT2D eigenvalue weighted by atomic mass is 9.96. The molecule has 1 fully saturated rings. The molecule has 1 aromatic rings. The second-order valence-electron chi connectivity index (χ2n) is 5.02. The monoisotopic (exact) mass is 281 g/mol. The quantitative estimate of drug-likeness (QED) is 0.886. The van der Waals surface area contributed by atoms with Gasteiger partial charge in [0.25, 0.3) is 0 Å². The zero-order valence-electron chi connectivity index (χ0n) is 11.2. The van der Waals surface area contributed by atoms with Crippen molar-refractivity contribution in [2.75, 3.05) is 31.6 Å². The molecule has 0 aliphatic carbocycles. The molecule has 1 amide bonds. The predicted molar refractivity (Wildman–Crippen MR) is 78.8 cm³/mol. The summed E-state index contributed by atoms with van der Waals surface area (Å²) in [5.41, 5.74) is 6.70. The van der Waals surface area contributed by atoms with Crippen LogP contribution in [0, 0.1) is 5.92 Å². The Bertz CT molecular complexity index is 456. The minimum absolute atomic E-state index is 0.443. The molecule has 0 atom stereocenters. The first-order chi connectivity index (χ1) is 9.11. The van der Waals surface area contributed by atoms with Crippen LogP contribution in [0.5, 0.6) is 0 Å². The Morgan fingerprint density at radius 1 is 1.47 bits per heavy atom. The molecule has 0 saturated carbocycles. The number of rotatable bonds is 4. The Morgan fingerprint density at radius 2 is 2.16 bits per heavy atom. The van der Waals surface area contributed by atoms with E-state index in [1.165, 1.54) is 0 Å². The van der Waals surface area contributed by atoms with Gasteiger partial charge in [0.05, 0.1) is 10.7 Å². The van der Waals surface area contributed by atoms with Gasteiger partial charge in [-0.1, -0.05) is 11.6 Å². The first-order valence-electron chi connectivity index (χ1n) is 6.60. The molecule has 19 heavy (non-hydrogen) atoms. The molecule has 1 aliphatic rings. The number of piperidine rings is 1.